The van der Waals surface area contributed by atoms with Crippen molar-refractivity contribution in [1.82, 2.24) is 0 Å². The van der Waals surface area contributed by atoms with Gasteiger partial charge in [-0.1, -0.05) is 24.5 Å². The minimum Gasteiger partial charge on any atom is -0.490 e. The fourth-order valence-corrected chi connectivity index (χ4v) is 1.46. The third-order valence-electron chi connectivity index (χ3n) is 2.01. The minimum atomic E-state index is 0.101. The molecule has 0 unspecified atom stereocenters. The van der Waals surface area contributed by atoms with Crippen molar-refractivity contribution in [2.24, 2.45) is 0 Å². The molecule has 2 nitrogen and oxygen atoms in total. The van der Waals surface area contributed by atoms with E-state index in [9.17, 15) is 0 Å². The zero-order valence-electron chi connectivity index (χ0n) is 11.5. The van der Waals surface area contributed by atoms with Gasteiger partial charge in [0.05, 0.1) is 12.2 Å². The summed E-state index contributed by atoms with van der Waals surface area (Å²) < 4.78 is 11.5. The molecule has 0 saturated heterocycles. The fraction of sp³-hybridized carbons (Fsp3) is 0.375. The van der Waals surface area contributed by atoms with Gasteiger partial charge < -0.3 is 9.47 Å². The molecular weight excluding hydrogens is 224 g/mol. The van der Waals surface area contributed by atoms with Gasteiger partial charge >= 0.3 is 0 Å². The number of rotatable bonds is 4. The van der Waals surface area contributed by atoms with Crippen molar-refractivity contribution < 1.29 is 9.47 Å². The lowest BCUT2D eigenvalue weighted by Crippen LogP contribution is -2.10. The van der Waals surface area contributed by atoms with E-state index in [0.717, 1.165) is 17.1 Å². The molecule has 1 rings (SSSR count). The molecule has 0 aliphatic carbocycles. The second kappa shape index (κ2) is 6.76. The van der Waals surface area contributed by atoms with Gasteiger partial charge in [0, 0.05) is 0 Å². The molecule has 0 saturated carbocycles. The molecule has 0 aromatic heterocycles. The quantitative estimate of drug-likeness (QED) is 0.750. The van der Waals surface area contributed by atoms with Crippen molar-refractivity contribution in [3.05, 3.63) is 36.4 Å². The Balaban J connectivity index is 3.20. The Hall–Kier alpha value is -1.88. The summed E-state index contributed by atoms with van der Waals surface area (Å²) in [5, 5.41) is 0. The summed E-state index contributed by atoms with van der Waals surface area (Å²) in [7, 11) is 0. The van der Waals surface area contributed by atoms with Crippen molar-refractivity contribution in [3.8, 4) is 23.3 Å². The first-order chi connectivity index (χ1) is 8.54. The average Bonchev–Trinajstić information content (AvgIpc) is 2.26. The second-order valence-electron chi connectivity index (χ2n) is 4.44. The molecule has 96 valence electrons. The summed E-state index contributed by atoms with van der Waals surface area (Å²) in [4.78, 5) is 0. The molecule has 0 aliphatic rings. The van der Waals surface area contributed by atoms with E-state index < -0.39 is 0 Å². The Kier molecular flexibility index (Phi) is 5.32. The molecule has 0 N–H and O–H groups in total. The van der Waals surface area contributed by atoms with Crippen LogP contribution in [0.1, 0.15) is 33.3 Å². The zero-order chi connectivity index (χ0) is 13.5. The van der Waals surface area contributed by atoms with Crippen molar-refractivity contribution >= 4 is 0 Å². The molecule has 0 radical (unpaired) electrons. The van der Waals surface area contributed by atoms with Gasteiger partial charge in [0.1, 0.15) is 17.1 Å². The maximum absolute atomic E-state index is 5.75. The third kappa shape index (κ3) is 4.18. The summed E-state index contributed by atoms with van der Waals surface area (Å²) in [6.07, 6.45) is 1.76. The highest BCUT2D eigenvalue weighted by Crippen LogP contribution is 2.29. The normalized spacial score (nSPS) is 9.89. The highest BCUT2D eigenvalue weighted by atomic mass is 16.5. The molecule has 0 heterocycles. The maximum Gasteiger partial charge on any atom is 0.139 e. The largest absolute Gasteiger partial charge is 0.490 e. The van der Waals surface area contributed by atoms with E-state index in [1.54, 1.807) is 6.08 Å². The number of allylic oxidation sites excluding steroid dienone is 1. The Morgan fingerprint density at radius 1 is 1.06 bits per heavy atom. The van der Waals surface area contributed by atoms with E-state index in [4.69, 9.17) is 9.47 Å². The Labute approximate surface area is 110 Å². The van der Waals surface area contributed by atoms with Gasteiger partial charge in [0.15, 0.2) is 0 Å². The third-order valence-corrected chi connectivity index (χ3v) is 2.01. The van der Waals surface area contributed by atoms with Crippen molar-refractivity contribution in [2.45, 2.75) is 39.9 Å². The van der Waals surface area contributed by atoms with E-state index in [-0.39, 0.29) is 12.2 Å². The molecule has 0 fully saturated rings. The molecular formula is C16H20O2. The molecule has 0 bridgehead atoms. The summed E-state index contributed by atoms with van der Waals surface area (Å²) in [6.45, 7) is 11.5. The SMILES string of the molecule is C=CC#Cc1c(OC(C)C)cccc1OC(C)C. The minimum absolute atomic E-state index is 0.101. The lowest BCUT2D eigenvalue weighted by Gasteiger charge is -2.16. The van der Waals surface area contributed by atoms with Crippen molar-refractivity contribution in [2.75, 3.05) is 0 Å². The second-order valence-corrected chi connectivity index (χ2v) is 4.44. The lowest BCUT2D eigenvalue weighted by atomic mass is 10.1. The van der Waals surface area contributed by atoms with Crippen LogP contribution in [0, 0.1) is 11.8 Å². The smallest absolute Gasteiger partial charge is 0.139 e. The van der Waals surface area contributed by atoms with E-state index >= 15 is 0 Å². The standard InChI is InChI=1S/C16H20O2/c1-6-7-9-14-15(17-12(2)3)10-8-11-16(14)18-13(4)5/h6,8,10-13H,1H2,2-5H3. The molecule has 18 heavy (non-hydrogen) atoms. The molecule has 0 amide bonds. The van der Waals surface area contributed by atoms with Crippen molar-refractivity contribution in [3.63, 3.8) is 0 Å². The lowest BCUT2D eigenvalue weighted by molar-refractivity contribution is 0.228. The molecule has 2 heteroatoms. The number of hydrogen-bond acceptors (Lipinski definition) is 2. The Morgan fingerprint density at radius 3 is 1.94 bits per heavy atom. The van der Waals surface area contributed by atoms with E-state index in [1.807, 2.05) is 45.9 Å². The molecule has 0 atom stereocenters. The first kappa shape index (κ1) is 14.2. The van der Waals surface area contributed by atoms with Crippen LogP contribution in [0.15, 0.2) is 30.9 Å². The van der Waals surface area contributed by atoms with Gasteiger partial charge in [0.2, 0.25) is 0 Å². The monoisotopic (exact) mass is 244 g/mol. The van der Waals surface area contributed by atoms with Gasteiger partial charge in [-0.25, -0.2) is 0 Å². The molecule has 1 aromatic rings. The van der Waals surface area contributed by atoms with Gasteiger partial charge in [-0.05, 0) is 45.9 Å². The number of ether oxygens (including phenoxy) is 2. The predicted molar refractivity (Wildman–Crippen MR) is 75.0 cm³/mol. The van der Waals surface area contributed by atoms with Crippen LogP contribution in [0.4, 0.5) is 0 Å². The van der Waals surface area contributed by atoms with Crippen LogP contribution in [-0.4, -0.2) is 12.2 Å². The van der Waals surface area contributed by atoms with E-state index in [2.05, 4.69) is 18.4 Å². The summed E-state index contributed by atoms with van der Waals surface area (Å²) in [6, 6.07) is 5.72. The first-order valence-corrected chi connectivity index (χ1v) is 6.13. The van der Waals surface area contributed by atoms with Gasteiger partial charge in [0.25, 0.3) is 0 Å². The molecule has 1 aromatic carbocycles. The van der Waals surface area contributed by atoms with Crippen LogP contribution in [0.25, 0.3) is 0 Å². The first-order valence-electron chi connectivity index (χ1n) is 6.13. The van der Waals surface area contributed by atoms with Crippen LogP contribution < -0.4 is 9.47 Å². The Morgan fingerprint density at radius 2 is 1.56 bits per heavy atom. The number of hydrogen-bond donors (Lipinski definition) is 0. The highest BCUT2D eigenvalue weighted by molar-refractivity contribution is 5.56. The summed E-state index contributed by atoms with van der Waals surface area (Å²) in [5.74, 6) is 7.37. The van der Waals surface area contributed by atoms with Gasteiger partial charge in [-0.2, -0.15) is 0 Å². The van der Waals surface area contributed by atoms with Crippen LogP contribution in [-0.2, 0) is 0 Å². The topological polar surface area (TPSA) is 18.5 Å². The predicted octanol–water partition coefficient (Wildman–Crippen LogP) is 3.80. The summed E-state index contributed by atoms with van der Waals surface area (Å²) >= 11 is 0. The van der Waals surface area contributed by atoms with Crippen LogP contribution >= 0.6 is 0 Å². The highest BCUT2D eigenvalue weighted by Gasteiger charge is 2.11. The van der Waals surface area contributed by atoms with Crippen LogP contribution in [0.5, 0.6) is 11.5 Å². The van der Waals surface area contributed by atoms with E-state index in [1.165, 1.54) is 0 Å². The van der Waals surface area contributed by atoms with Crippen LogP contribution in [0.2, 0.25) is 0 Å². The molecule has 0 spiro atoms. The van der Waals surface area contributed by atoms with E-state index in [0.29, 0.717) is 0 Å². The van der Waals surface area contributed by atoms with Crippen molar-refractivity contribution in [1.29, 1.82) is 0 Å². The fourth-order valence-electron chi connectivity index (χ4n) is 1.46. The molecule has 0 aliphatic heterocycles. The number of benzene rings is 1. The van der Waals surface area contributed by atoms with Gasteiger partial charge in [-0.15, -0.1) is 0 Å². The average molecular weight is 244 g/mol. The zero-order valence-corrected chi connectivity index (χ0v) is 11.5. The maximum atomic E-state index is 5.75. The summed E-state index contributed by atoms with van der Waals surface area (Å²) in [5.41, 5.74) is 0.778. The Bertz CT molecular complexity index is 433. The van der Waals surface area contributed by atoms with Crippen LogP contribution in [0.3, 0.4) is 0 Å². The van der Waals surface area contributed by atoms with Gasteiger partial charge in [-0.3, -0.25) is 0 Å².